The maximum absolute atomic E-state index is 11.9. The van der Waals surface area contributed by atoms with E-state index in [2.05, 4.69) is 5.32 Å². The van der Waals surface area contributed by atoms with Gasteiger partial charge in [0.25, 0.3) is 5.69 Å². The Labute approximate surface area is 233 Å². The number of rotatable bonds is 12. The molecular formula is C25H30N2O14. The number of amides is 1. The van der Waals surface area contributed by atoms with Crippen LogP contribution in [0, 0.1) is 10.1 Å². The molecule has 1 aliphatic heterocycles. The highest BCUT2D eigenvalue weighted by Gasteiger charge is 2.51. The topological polar surface area (TPSA) is 205 Å². The lowest BCUT2D eigenvalue weighted by Gasteiger charge is -2.44. The van der Waals surface area contributed by atoms with Crippen molar-refractivity contribution in [1.82, 2.24) is 5.32 Å². The summed E-state index contributed by atoms with van der Waals surface area (Å²) in [5, 5.41) is 13.2. The Balaban J connectivity index is 2.04. The maximum Gasteiger partial charge on any atom is 0.514 e. The van der Waals surface area contributed by atoms with Gasteiger partial charge >= 0.3 is 24.1 Å². The first kappa shape index (κ1) is 32.6. The number of carbonyl (C=O) groups excluding carboxylic acids is 5. The van der Waals surface area contributed by atoms with Crippen molar-refractivity contribution >= 4 is 35.7 Å². The highest BCUT2D eigenvalue weighted by Crippen LogP contribution is 2.28. The zero-order valence-corrected chi connectivity index (χ0v) is 22.6. The van der Waals surface area contributed by atoms with Gasteiger partial charge in [-0.1, -0.05) is 6.08 Å². The molecule has 0 aromatic heterocycles. The predicted molar refractivity (Wildman–Crippen MR) is 134 cm³/mol. The second-order valence-electron chi connectivity index (χ2n) is 8.44. The summed E-state index contributed by atoms with van der Waals surface area (Å²) in [5.41, 5.74) is -0.171. The summed E-state index contributed by atoms with van der Waals surface area (Å²) in [7, 11) is 0. The summed E-state index contributed by atoms with van der Waals surface area (Å²) in [4.78, 5) is 68.9. The average molecular weight is 583 g/mol. The molecule has 0 spiro atoms. The quantitative estimate of drug-likeness (QED) is 0.0922. The van der Waals surface area contributed by atoms with Gasteiger partial charge in [-0.2, -0.15) is 0 Å². The normalized spacial score (nSPS) is 21.8. The first-order valence-corrected chi connectivity index (χ1v) is 12.1. The summed E-state index contributed by atoms with van der Waals surface area (Å²) in [5.74, 6) is -2.61. The van der Waals surface area contributed by atoms with Gasteiger partial charge in [0.1, 0.15) is 31.1 Å². The number of carbonyl (C=O) groups is 5. The molecule has 5 atom stereocenters. The fraction of sp³-hybridized carbons (Fsp3) is 0.480. The van der Waals surface area contributed by atoms with Gasteiger partial charge in [0, 0.05) is 39.8 Å². The third-order valence-electron chi connectivity index (χ3n) is 5.14. The second kappa shape index (κ2) is 15.9. The molecule has 0 saturated carbocycles. The molecule has 16 nitrogen and oxygen atoms in total. The van der Waals surface area contributed by atoms with Crippen LogP contribution in [0.4, 0.5) is 10.5 Å². The van der Waals surface area contributed by atoms with E-state index in [0.717, 1.165) is 20.8 Å². The van der Waals surface area contributed by atoms with Crippen molar-refractivity contribution in [2.45, 2.75) is 58.3 Å². The Morgan fingerprint density at radius 2 is 1.51 bits per heavy atom. The van der Waals surface area contributed by atoms with E-state index in [1.54, 1.807) is 0 Å². The smallest absolute Gasteiger partial charge is 0.463 e. The van der Waals surface area contributed by atoms with Crippen LogP contribution in [0.15, 0.2) is 36.4 Å². The molecule has 1 N–H and O–H groups in total. The highest BCUT2D eigenvalue weighted by molar-refractivity contribution is 5.73. The number of nitrogens with zero attached hydrogens (tertiary/aromatic N) is 1. The molecule has 224 valence electrons. The molecule has 0 radical (unpaired) electrons. The van der Waals surface area contributed by atoms with Crippen LogP contribution >= 0.6 is 0 Å². The van der Waals surface area contributed by atoms with Crippen LogP contribution in [0.2, 0.25) is 0 Å². The monoisotopic (exact) mass is 582 g/mol. The van der Waals surface area contributed by atoms with Crippen molar-refractivity contribution in [2.24, 2.45) is 0 Å². The van der Waals surface area contributed by atoms with Crippen LogP contribution < -0.4 is 10.1 Å². The Hall–Kier alpha value is -4.57. The third kappa shape index (κ3) is 11.2. The lowest BCUT2D eigenvalue weighted by molar-refractivity contribution is -0.384. The fourth-order valence-corrected chi connectivity index (χ4v) is 3.60. The van der Waals surface area contributed by atoms with Gasteiger partial charge in [-0.25, -0.2) is 4.79 Å². The zero-order valence-electron chi connectivity index (χ0n) is 22.6. The van der Waals surface area contributed by atoms with Crippen molar-refractivity contribution < 1.29 is 62.1 Å². The molecule has 16 heteroatoms. The van der Waals surface area contributed by atoms with Crippen LogP contribution in [0.3, 0.4) is 0 Å². The molecule has 2 rings (SSSR count). The van der Waals surface area contributed by atoms with Gasteiger partial charge in [0.2, 0.25) is 5.91 Å². The Kier molecular flexibility index (Phi) is 12.6. The first-order chi connectivity index (χ1) is 19.4. The largest absolute Gasteiger partial charge is 0.514 e. The molecule has 3 unspecified atom stereocenters. The van der Waals surface area contributed by atoms with Crippen LogP contribution in [-0.2, 0) is 47.6 Å². The SMILES string of the molecule is CC(=O)NC1[C@H](OC/C=C\COC(=O)Oc2ccc([N+](=O)[O-])cc2)OC(COC(C)=O)C(OC(C)=O)[C@H]1OC(C)=O. The lowest BCUT2D eigenvalue weighted by atomic mass is 9.96. The van der Waals surface area contributed by atoms with E-state index >= 15 is 0 Å². The number of nitro groups is 1. The number of non-ortho nitro benzene ring substituents is 1. The first-order valence-electron chi connectivity index (χ1n) is 12.1. The fourth-order valence-electron chi connectivity index (χ4n) is 3.60. The summed E-state index contributed by atoms with van der Waals surface area (Å²) >= 11 is 0. The van der Waals surface area contributed by atoms with Crippen LogP contribution in [-0.4, -0.2) is 85.4 Å². The molecule has 1 amide bonds. The van der Waals surface area contributed by atoms with Crippen molar-refractivity contribution in [3.05, 3.63) is 46.5 Å². The molecule has 1 fully saturated rings. The predicted octanol–water partition coefficient (Wildman–Crippen LogP) is 1.34. The molecule has 0 bridgehead atoms. The van der Waals surface area contributed by atoms with Gasteiger partial charge in [0.05, 0.1) is 11.5 Å². The van der Waals surface area contributed by atoms with Crippen LogP contribution in [0.5, 0.6) is 5.75 Å². The Morgan fingerprint density at radius 3 is 2.07 bits per heavy atom. The molecule has 1 aliphatic rings. The van der Waals surface area contributed by atoms with Gasteiger partial charge in [-0.15, -0.1) is 0 Å². The van der Waals surface area contributed by atoms with Gasteiger partial charge in [-0.3, -0.25) is 29.3 Å². The van der Waals surface area contributed by atoms with Gasteiger partial charge in [0.15, 0.2) is 18.5 Å². The zero-order chi connectivity index (χ0) is 30.5. The van der Waals surface area contributed by atoms with E-state index in [1.807, 2.05) is 0 Å². The number of benzene rings is 1. The maximum atomic E-state index is 11.9. The molecule has 41 heavy (non-hydrogen) atoms. The Morgan fingerprint density at radius 1 is 0.902 bits per heavy atom. The van der Waals surface area contributed by atoms with Gasteiger partial charge in [-0.05, 0) is 18.2 Å². The molecule has 1 aromatic carbocycles. The van der Waals surface area contributed by atoms with Crippen molar-refractivity contribution in [3.63, 3.8) is 0 Å². The minimum Gasteiger partial charge on any atom is -0.463 e. The van der Waals surface area contributed by atoms with Gasteiger partial charge < -0.3 is 38.5 Å². The van der Waals surface area contributed by atoms with Crippen molar-refractivity contribution in [3.8, 4) is 5.75 Å². The standard InChI is InChI=1S/C25H30N2O14/c1-14(28)26-21-23(39-17(4)31)22(38-16(3)30)20(13-37-15(2)29)41-24(21)35-11-5-6-12-36-25(32)40-19-9-7-18(8-10-19)27(33)34/h5-10,20-24H,11-13H2,1-4H3,(H,26,28)/b6-5-/t20?,21?,22?,23-,24+/m0/s1. The molecule has 0 aliphatic carbocycles. The van der Waals surface area contributed by atoms with E-state index in [9.17, 15) is 34.1 Å². The number of ether oxygens (including phenoxy) is 7. The summed E-state index contributed by atoms with van der Waals surface area (Å²) in [6.45, 7) is 3.87. The number of nitrogens with one attached hydrogen (secondary N) is 1. The summed E-state index contributed by atoms with van der Waals surface area (Å²) in [6, 6.07) is 3.68. The van der Waals surface area contributed by atoms with Crippen LogP contribution in [0.25, 0.3) is 0 Å². The number of hydrogen-bond donors (Lipinski definition) is 1. The number of nitro benzene ring substituents is 1. The van der Waals surface area contributed by atoms with Crippen molar-refractivity contribution in [1.29, 1.82) is 0 Å². The van der Waals surface area contributed by atoms with E-state index in [1.165, 1.54) is 43.3 Å². The van der Waals surface area contributed by atoms with E-state index in [-0.39, 0.29) is 31.3 Å². The molecule has 1 saturated heterocycles. The molecule has 1 heterocycles. The summed E-state index contributed by atoms with van der Waals surface area (Å²) in [6.07, 6.45) is -3.08. The van der Waals surface area contributed by atoms with E-state index in [4.69, 9.17) is 33.2 Å². The third-order valence-corrected chi connectivity index (χ3v) is 5.14. The molecular weight excluding hydrogens is 552 g/mol. The summed E-state index contributed by atoms with van der Waals surface area (Å²) < 4.78 is 37.0. The van der Waals surface area contributed by atoms with E-state index < -0.39 is 65.5 Å². The number of hydrogen-bond acceptors (Lipinski definition) is 14. The molecule has 1 aromatic rings. The van der Waals surface area contributed by atoms with Crippen LogP contribution in [0.1, 0.15) is 27.7 Å². The minimum absolute atomic E-state index is 0.0454. The highest BCUT2D eigenvalue weighted by atomic mass is 16.7. The average Bonchev–Trinajstić information content (AvgIpc) is 2.87. The lowest BCUT2D eigenvalue weighted by Crippen LogP contribution is -2.66. The van der Waals surface area contributed by atoms with E-state index in [0.29, 0.717) is 0 Å². The minimum atomic E-state index is -1.26. The number of esters is 3. The Bertz CT molecular complexity index is 1140. The second-order valence-corrected chi connectivity index (χ2v) is 8.44. The van der Waals surface area contributed by atoms with Crippen molar-refractivity contribution in [2.75, 3.05) is 19.8 Å².